The van der Waals surface area contributed by atoms with Gasteiger partial charge in [0.15, 0.2) is 0 Å². The molecule has 7 heteroatoms. The van der Waals surface area contributed by atoms with Crippen molar-refractivity contribution in [2.45, 2.75) is 53.5 Å². The van der Waals surface area contributed by atoms with Crippen molar-refractivity contribution in [2.24, 2.45) is 5.41 Å². The van der Waals surface area contributed by atoms with Crippen LogP contribution in [0.1, 0.15) is 44.7 Å². The number of nitrogens with two attached hydrogens (primary N) is 1. The average molecular weight is 398 g/mol. The van der Waals surface area contributed by atoms with E-state index >= 15 is 0 Å². The molecule has 1 saturated heterocycles. The van der Waals surface area contributed by atoms with Crippen molar-refractivity contribution >= 4 is 17.7 Å². The topological polar surface area (TPSA) is 93.4 Å². The maximum atomic E-state index is 12.2. The summed E-state index contributed by atoms with van der Waals surface area (Å²) in [6.45, 7) is 11.1. The molecule has 1 aromatic carbocycles. The molecule has 1 aliphatic rings. The molecule has 156 valence electrons. The summed E-state index contributed by atoms with van der Waals surface area (Å²) in [5.74, 6) is 0.681. The van der Waals surface area contributed by atoms with Crippen LogP contribution in [0.5, 0.6) is 0 Å². The third-order valence-electron chi connectivity index (χ3n) is 4.92. The maximum absolute atomic E-state index is 12.2. The summed E-state index contributed by atoms with van der Waals surface area (Å²) in [6, 6.07) is 8.31. The van der Waals surface area contributed by atoms with Crippen molar-refractivity contribution in [3.05, 3.63) is 35.4 Å². The molecule has 1 unspecified atom stereocenters. The van der Waals surface area contributed by atoms with Crippen molar-refractivity contribution in [3.8, 4) is 11.3 Å². The first-order chi connectivity index (χ1) is 13.6. The zero-order valence-corrected chi connectivity index (χ0v) is 18.0. The second-order valence-corrected chi connectivity index (χ2v) is 8.82. The highest BCUT2D eigenvalue weighted by Crippen LogP contribution is 2.25. The number of nitrogens with one attached hydrogen (secondary N) is 1. The maximum Gasteiger partial charge on any atom is 0.330 e. The van der Waals surface area contributed by atoms with Crippen LogP contribution in [0.25, 0.3) is 11.3 Å². The van der Waals surface area contributed by atoms with Gasteiger partial charge < -0.3 is 15.9 Å². The fraction of sp³-hybridized carbons (Fsp3) is 0.500. The number of carbonyl (C=O) groups is 1. The van der Waals surface area contributed by atoms with Gasteiger partial charge in [-0.25, -0.2) is 9.78 Å². The van der Waals surface area contributed by atoms with Gasteiger partial charge in [-0.15, -0.1) is 5.06 Å². The molecular formula is C22H31N5O2. The Bertz CT molecular complexity index is 871. The van der Waals surface area contributed by atoms with Gasteiger partial charge in [0.05, 0.1) is 17.2 Å². The van der Waals surface area contributed by atoms with E-state index in [-0.39, 0.29) is 18.0 Å². The number of rotatable bonds is 5. The van der Waals surface area contributed by atoms with Gasteiger partial charge >= 0.3 is 5.97 Å². The first-order valence-electron chi connectivity index (χ1n) is 10.1. The van der Waals surface area contributed by atoms with Crippen LogP contribution in [0.2, 0.25) is 0 Å². The van der Waals surface area contributed by atoms with Crippen LogP contribution in [0, 0.1) is 19.3 Å². The number of carbonyl (C=O) groups excluding carboxylic acids is 1. The lowest BCUT2D eigenvalue weighted by atomic mass is 9.98. The molecule has 2 heterocycles. The van der Waals surface area contributed by atoms with Crippen LogP contribution < -0.4 is 11.1 Å². The van der Waals surface area contributed by atoms with Gasteiger partial charge in [-0.2, -0.15) is 4.98 Å². The minimum Gasteiger partial charge on any atom is -0.368 e. The van der Waals surface area contributed by atoms with E-state index < -0.39 is 5.41 Å². The van der Waals surface area contributed by atoms with E-state index in [2.05, 4.69) is 47.3 Å². The van der Waals surface area contributed by atoms with Gasteiger partial charge in [0.25, 0.3) is 0 Å². The normalized spacial score (nSPS) is 17.3. The van der Waals surface area contributed by atoms with E-state index in [1.54, 1.807) is 5.06 Å². The molecule has 3 N–H and O–H groups in total. The van der Waals surface area contributed by atoms with Gasteiger partial charge in [0.1, 0.15) is 5.82 Å². The molecule has 3 rings (SSSR count). The lowest BCUT2D eigenvalue weighted by molar-refractivity contribution is -0.203. The van der Waals surface area contributed by atoms with Gasteiger partial charge in [-0.05, 0) is 59.6 Å². The molecule has 0 bridgehead atoms. The fourth-order valence-electron chi connectivity index (χ4n) is 3.43. The molecule has 0 radical (unpaired) electrons. The summed E-state index contributed by atoms with van der Waals surface area (Å²) in [5.41, 5.74) is 9.58. The summed E-state index contributed by atoms with van der Waals surface area (Å²) in [7, 11) is 0. The molecule has 1 aromatic heterocycles. The molecule has 0 saturated carbocycles. The third-order valence-corrected chi connectivity index (χ3v) is 4.92. The van der Waals surface area contributed by atoms with Crippen LogP contribution in [0.4, 0.5) is 11.8 Å². The van der Waals surface area contributed by atoms with Gasteiger partial charge in [-0.3, -0.25) is 0 Å². The van der Waals surface area contributed by atoms with Crippen LogP contribution in [-0.4, -0.2) is 40.1 Å². The average Bonchev–Trinajstić information content (AvgIpc) is 3.05. The van der Waals surface area contributed by atoms with E-state index in [1.807, 2.05) is 26.8 Å². The van der Waals surface area contributed by atoms with Crippen LogP contribution in [0.3, 0.4) is 0 Å². The number of nitrogen functional groups attached to an aromatic ring is 1. The molecule has 0 spiro atoms. The molecular weight excluding hydrogens is 366 g/mol. The number of nitrogens with zero attached hydrogens (tertiary/aromatic N) is 3. The van der Waals surface area contributed by atoms with E-state index in [0.717, 1.165) is 30.6 Å². The number of aromatic nitrogens is 2. The van der Waals surface area contributed by atoms with Crippen LogP contribution in [-0.2, 0) is 9.63 Å². The minimum absolute atomic E-state index is 0.0992. The molecule has 1 atom stereocenters. The lowest BCUT2D eigenvalue weighted by Crippen LogP contribution is -2.39. The van der Waals surface area contributed by atoms with Gasteiger partial charge in [0, 0.05) is 24.7 Å². The predicted molar refractivity (Wildman–Crippen MR) is 115 cm³/mol. The zero-order valence-electron chi connectivity index (χ0n) is 18.0. The Morgan fingerprint density at radius 1 is 1.21 bits per heavy atom. The van der Waals surface area contributed by atoms with Gasteiger partial charge in [0.2, 0.25) is 5.95 Å². The molecule has 7 nitrogen and oxygen atoms in total. The fourth-order valence-corrected chi connectivity index (χ4v) is 3.43. The Balaban J connectivity index is 1.70. The monoisotopic (exact) mass is 397 g/mol. The Kier molecular flexibility index (Phi) is 6.07. The highest BCUT2D eigenvalue weighted by Gasteiger charge is 2.32. The second-order valence-electron chi connectivity index (χ2n) is 8.82. The second kappa shape index (κ2) is 8.37. The predicted octanol–water partition coefficient (Wildman–Crippen LogP) is 3.72. The van der Waals surface area contributed by atoms with Crippen LogP contribution >= 0.6 is 0 Å². The molecule has 1 fully saturated rings. The summed E-state index contributed by atoms with van der Waals surface area (Å²) < 4.78 is 0. The van der Waals surface area contributed by atoms with Crippen molar-refractivity contribution in [1.29, 1.82) is 0 Å². The highest BCUT2D eigenvalue weighted by molar-refractivity contribution is 5.75. The number of hydrogen-bond acceptors (Lipinski definition) is 7. The quantitative estimate of drug-likeness (QED) is 0.794. The van der Waals surface area contributed by atoms with E-state index in [4.69, 9.17) is 10.6 Å². The number of hydrogen-bond donors (Lipinski definition) is 2. The Morgan fingerprint density at radius 2 is 1.90 bits per heavy atom. The standard InChI is InChI=1S/C22H31N5O2/c1-14-9-15(2)11-16(10-14)18-12-19(26-21(23)25-18)24-13-17-7-6-8-27(17)29-20(28)22(3,4)5/h9-12,17H,6-8,13H2,1-5H3,(H3,23,24,25,26). The summed E-state index contributed by atoms with van der Waals surface area (Å²) in [5, 5.41) is 5.13. The van der Waals surface area contributed by atoms with Crippen molar-refractivity contribution in [2.75, 3.05) is 24.1 Å². The third kappa shape index (κ3) is 5.44. The number of aryl methyl sites for hydroxylation is 2. The summed E-state index contributed by atoms with van der Waals surface area (Å²) in [6.07, 6.45) is 1.94. The lowest BCUT2D eigenvalue weighted by Gasteiger charge is -2.27. The van der Waals surface area contributed by atoms with E-state index in [9.17, 15) is 4.79 Å². The molecule has 2 aromatic rings. The number of anilines is 2. The van der Waals surface area contributed by atoms with Crippen molar-refractivity contribution in [1.82, 2.24) is 15.0 Å². The first kappa shape index (κ1) is 21.0. The highest BCUT2D eigenvalue weighted by atomic mass is 16.7. The summed E-state index contributed by atoms with van der Waals surface area (Å²) in [4.78, 5) is 26.6. The SMILES string of the molecule is Cc1cc(C)cc(-c2cc(NCC3CCCN3OC(=O)C(C)(C)C)nc(N)n2)c1. The minimum atomic E-state index is -0.525. The van der Waals surface area contributed by atoms with Crippen molar-refractivity contribution < 1.29 is 9.63 Å². The van der Waals surface area contributed by atoms with E-state index in [0.29, 0.717) is 12.4 Å². The molecule has 0 aliphatic carbocycles. The Hall–Kier alpha value is -2.67. The zero-order chi connectivity index (χ0) is 21.2. The number of benzene rings is 1. The molecule has 0 amide bonds. The molecule has 1 aliphatic heterocycles. The Morgan fingerprint density at radius 3 is 2.55 bits per heavy atom. The smallest absolute Gasteiger partial charge is 0.330 e. The number of hydroxylamine groups is 2. The van der Waals surface area contributed by atoms with Gasteiger partial charge in [-0.1, -0.05) is 17.2 Å². The first-order valence-corrected chi connectivity index (χ1v) is 10.1. The van der Waals surface area contributed by atoms with E-state index in [1.165, 1.54) is 11.1 Å². The Labute approximate surface area is 172 Å². The molecule has 29 heavy (non-hydrogen) atoms. The summed E-state index contributed by atoms with van der Waals surface area (Å²) >= 11 is 0. The van der Waals surface area contributed by atoms with Crippen LogP contribution in [0.15, 0.2) is 24.3 Å². The van der Waals surface area contributed by atoms with Crippen molar-refractivity contribution in [3.63, 3.8) is 0 Å². The largest absolute Gasteiger partial charge is 0.368 e.